The SMILES string of the molecule is CCOC(=O)C1=C(C)N=c2s/c(=C/c3ccc(N(C)C)cc3)c(=O)n2[C@@H]1c1ccc(OCc2ccc(Cl)cc2Cl)c(OC)c1. The number of fused-ring (bicyclic) bond motifs is 1. The highest BCUT2D eigenvalue weighted by atomic mass is 35.5. The second kappa shape index (κ2) is 13.3. The first kappa shape index (κ1) is 31.4. The van der Waals surface area contributed by atoms with Crippen LogP contribution in [-0.2, 0) is 16.1 Å². The first-order valence-corrected chi connectivity index (χ1v) is 15.4. The van der Waals surface area contributed by atoms with Crippen molar-refractivity contribution in [2.24, 2.45) is 4.99 Å². The highest BCUT2D eigenvalue weighted by molar-refractivity contribution is 7.07. The number of thiazole rings is 1. The standard InChI is InChI=1S/C33H31Cl2N3O5S/c1-6-42-32(40)29-19(2)36-33-38(31(39)28(44-33)15-20-7-12-24(13-8-20)37(3)4)30(29)21-10-14-26(27(16-21)41-5)43-18-22-9-11-23(34)17-25(22)35/h7-17,30H,6,18H2,1-5H3/b28-15+/t30-/m1/s1. The average molecular weight is 653 g/mol. The van der Waals surface area contributed by atoms with Crippen LogP contribution in [0, 0.1) is 0 Å². The van der Waals surface area contributed by atoms with Crippen LogP contribution in [0.15, 0.2) is 81.7 Å². The van der Waals surface area contributed by atoms with Gasteiger partial charge in [-0.15, -0.1) is 0 Å². The lowest BCUT2D eigenvalue weighted by Gasteiger charge is -2.25. The zero-order valence-corrected chi connectivity index (χ0v) is 27.2. The minimum atomic E-state index is -0.794. The number of ether oxygens (including phenoxy) is 3. The van der Waals surface area contributed by atoms with Gasteiger partial charge in [-0.05, 0) is 67.4 Å². The fourth-order valence-corrected chi connectivity index (χ4v) is 6.40. The van der Waals surface area contributed by atoms with Gasteiger partial charge in [-0.2, -0.15) is 0 Å². The van der Waals surface area contributed by atoms with Gasteiger partial charge in [0.1, 0.15) is 6.61 Å². The van der Waals surface area contributed by atoms with Gasteiger partial charge in [-0.3, -0.25) is 9.36 Å². The Morgan fingerprint density at radius 1 is 1.07 bits per heavy atom. The molecule has 0 saturated carbocycles. The summed E-state index contributed by atoms with van der Waals surface area (Å²) >= 11 is 13.6. The Morgan fingerprint density at radius 3 is 2.48 bits per heavy atom. The van der Waals surface area contributed by atoms with Gasteiger partial charge < -0.3 is 19.1 Å². The van der Waals surface area contributed by atoms with Crippen molar-refractivity contribution in [3.63, 3.8) is 0 Å². The van der Waals surface area contributed by atoms with Gasteiger partial charge in [0.05, 0.1) is 35.6 Å². The maximum absolute atomic E-state index is 14.0. The topological polar surface area (TPSA) is 82.4 Å². The smallest absolute Gasteiger partial charge is 0.338 e. The van der Waals surface area contributed by atoms with E-state index in [2.05, 4.69) is 4.99 Å². The van der Waals surface area contributed by atoms with Crippen LogP contribution in [0.25, 0.3) is 6.08 Å². The molecule has 0 fully saturated rings. The molecule has 1 atom stereocenters. The summed E-state index contributed by atoms with van der Waals surface area (Å²) in [6, 6.07) is 17.6. The van der Waals surface area contributed by atoms with E-state index < -0.39 is 12.0 Å². The highest BCUT2D eigenvalue weighted by Crippen LogP contribution is 2.37. The molecule has 0 unspecified atom stereocenters. The predicted molar refractivity (Wildman–Crippen MR) is 175 cm³/mol. The Morgan fingerprint density at radius 2 is 1.82 bits per heavy atom. The number of halogens is 2. The van der Waals surface area contributed by atoms with E-state index in [1.54, 1.807) is 54.8 Å². The van der Waals surface area contributed by atoms with Gasteiger partial charge in [0, 0.05) is 35.4 Å². The van der Waals surface area contributed by atoms with Crippen LogP contribution >= 0.6 is 34.5 Å². The summed E-state index contributed by atoms with van der Waals surface area (Å²) in [7, 11) is 5.47. The van der Waals surface area contributed by atoms with E-state index in [0.717, 1.165) is 16.8 Å². The van der Waals surface area contributed by atoms with Crippen molar-refractivity contribution >= 4 is 52.3 Å². The lowest BCUT2D eigenvalue weighted by Crippen LogP contribution is -2.40. The maximum atomic E-state index is 14.0. The molecule has 0 N–H and O–H groups in total. The summed E-state index contributed by atoms with van der Waals surface area (Å²) < 4.78 is 19.2. The number of allylic oxidation sites excluding steroid dienone is 1. The van der Waals surface area contributed by atoms with Crippen molar-refractivity contribution in [3.8, 4) is 11.5 Å². The Labute approximate surface area is 269 Å². The molecule has 2 heterocycles. The molecule has 0 aliphatic carbocycles. The predicted octanol–water partition coefficient (Wildman–Crippen LogP) is 5.76. The van der Waals surface area contributed by atoms with Crippen LogP contribution < -0.4 is 29.3 Å². The number of methoxy groups -OCH3 is 1. The van der Waals surface area contributed by atoms with Gasteiger partial charge in [0.15, 0.2) is 16.3 Å². The molecule has 3 aromatic carbocycles. The first-order chi connectivity index (χ1) is 21.1. The maximum Gasteiger partial charge on any atom is 0.338 e. The monoisotopic (exact) mass is 651 g/mol. The van der Waals surface area contributed by atoms with Crippen molar-refractivity contribution in [1.82, 2.24) is 4.57 Å². The van der Waals surface area contributed by atoms with Gasteiger partial charge in [-0.25, -0.2) is 9.79 Å². The summed E-state index contributed by atoms with van der Waals surface area (Å²) in [4.78, 5) is 34.4. The van der Waals surface area contributed by atoms with E-state index in [1.165, 1.54) is 18.4 Å². The molecule has 0 radical (unpaired) electrons. The number of hydrogen-bond donors (Lipinski definition) is 0. The zero-order chi connectivity index (χ0) is 31.5. The molecule has 0 spiro atoms. The lowest BCUT2D eigenvalue weighted by molar-refractivity contribution is -0.139. The van der Waals surface area contributed by atoms with Crippen molar-refractivity contribution in [2.45, 2.75) is 26.5 Å². The quantitative estimate of drug-likeness (QED) is 0.214. The minimum absolute atomic E-state index is 0.180. The number of carbonyl (C=O) groups excluding carboxylic acids is 1. The molecule has 5 rings (SSSR count). The number of esters is 1. The second-order valence-electron chi connectivity index (χ2n) is 10.2. The second-order valence-corrected chi connectivity index (χ2v) is 12.1. The summed E-state index contributed by atoms with van der Waals surface area (Å²) in [5.74, 6) is 0.353. The summed E-state index contributed by atoms with van der Waals surface area (Å²) in [6.45, 7) is 3.85. The number of benzene rings is 3. The molecule has 0 saturated heterocycles. The molecule has 228 valence electrons. The van der Waals surface area contributed by atoms with E-state index in [1.807, 2.05) is 49.3 Å². The van der Waals surface area contributed by atoms with Crippen molar-refractivity contribution in [2.75, 3.05) is 32.7 Å². The number of nitrogens with zero attached hydrogens (tertiary/aromatic N) is 3. The molecular formula is C33H31Cl2N3O5S. The van der Waals surface area contributed by atoms with Gasteiger partial charge in [0.25, 0.3) is 5.56 Å². The fraction of sp³-hybridized carbons (Fsp3) is 0.242. The molecule has 1 aliphatic heterocycles. The third-order valence-corrected chi connectivity index (χ3v) is 8.70. The van der Waals surface area contributed by atoms with Crippen LogP contribution in [0.5, 0.6) is 11.5 Å². The third-order valence-electron chi connectivity index (χ3n) is 7.13. The molecule has 0 amide bonds. The Kier molecular flexibility index (Phi) is 9.48. The van der Waals surface area contributed by atoms with Gasteiger partial charge in [0.2, 0.25) is 0 Å². The molecule has 11 heteroatoms. The molecule has 0 bridgehead atoms. The van der Waals surface area contributed by atoms with Crippen molar-refractivity contribution in [1.29, 1.82) is 0 Å². The van der Waals surface area contributed by atoms with E-state index in [9.17, 15) is 9.59 Å². The minimum Gasteiger partial charge on any atom is -0.493 e. The van der Waals surface area contributed by atoms with Crippen LogP contribution in [0.2, 0.25) is 10.0 Å². The number of anilines is 1. The first-order valence-electron chi connectivity index (χ1n) is 13.8. The normalized spacial score (nSPS) is 14.6. The molecule has 1 aliphatic rings. The number of aromatic nitrogens is 1. The fourth-order valence-electron chi connectivity index (χ4n) is 4.89. The number of carbonyl (C=O) groups is 1. The molecule has 1 aromatic heterocycles. The van der Waals surface area contributed by atoms with Crippen molar-refractivity contribution in [3.05, 3.63) is 118 Å². The molecule has 4 aromatic rings. The van der Waals surface area contributed by atoms with E-state index >= 15 is 0 Å². The highest BCUT2D eigenvalue weighted by Gasteiger charge is 2.34. The van der Waals surface area contributed by atoms with Gasteiger partial charge >= 0.3 is 5.97 Å². The summed E-state index contributed by atoms with van der Waals surface area (Å²) in [6.07, 6.45) is 1.84. The summed E-state index contributed by atoms with van der Waals surface area (Å²) in [5, 5.41) is 1.02. The van der Waals surface area contributed by atoms with Crippen LogP contribution in [-0.4, -0.2) is 38.3 Å². The third kappa shape index (κ3) is 6.40. The zero-order valence-electron chi connectivity index (χ0n) is 24.9. The van der Waals surface area contributed by atoms with Crippen LogP contribution in [0.4, 0.5) is 5.69 Å². The molecule has 8 nitrogen and oxygen atoms in total. The largest absolute Gasteiger partial charge is 0.493 e. The molecule has 44 heavy (non-hydrogen) atoms. The van der Waals surface area contributed by atoms with Gasteiger partial charge in [-0.1, -0.05) is 58.8 Å². The van der Waals surface area contributed by atoms with Crippen molar-refractivity contribution < 1.29 is 19.0 Å². The average Bonchev–Trinajstić information content (AvgIpc) is 3.30. The van der Waals surface area contributed by atoms with Crippen LogP contribution in [0.1, 0.15) is 36.6 Å². The van der Waals surface area contributed by atoms with E-state index in [4.69, 9.17) is 37.4 Å². The van der Waals surface area contributed by atoms with Crippen LogP contribution in [0.3, 0.4) is 0 Å². The Balaban J connectivity index is 1.58. The van der Waals surface area contributed by atoms with E-state index in [0.29, 0.717) is 42.1 Å². The molecular weight excluding hydrogens is 621 g/mol. The number of rotatable bonds is 9. The number of hydrogen-bond acceptors (Lipinski definition) is 8. The summed E-state index contributed by atoms with van der Waals surface area (Å²) in [5.41, 5.74) is 3.83. The Hall–Kier alpha value is -4.05. The lowest BCUT2D eigenvalue weighted by atomic mass is 9.95. The van der Waals surface area contributed by atoms with E-state index in [-0.39, 0.29) is 24.3 Å². The Bertz CT molecular complexity index is 1930.